The second-order valence-corrected chi connectivity index (χ2v) is 8.00. The van der Waals surface area contributed by atoms with Gasteiger partial charge in [-0.2, -0.15) is 0 Å². The van der Waals surface area contributed by atoms with Crippen molar-refractivity contribution in [3.05, 3.63) is 76.4 Å². The molecule has 0 fully saturated rings. The zero-order chi connectivity index (χ0) is 18.9. The third kappa shape index (κ3) is 3.10. The predicted octanol–water partition coefficient (Wildman–Crippen LogP) is 4.06. The van der Waals surface area contributed by atoms with Crippen molar-refractivity contribution in [1.82, 2.24) is 14.5 Å². The van der Waals surface area contributed by atoms with Gasteiger partial charge < -0.3 is 9.47 Å². The second-order valence-electron chi connectivity index (χ2n) is 6.96. The Morgan fingerprint density at radius 1 is 1.11 bits per heavy atom. The molecule has 0 bridgehead atoms. The highest BCUT2D eigenvalue weighted by Crippen LogP contribution is 2.28. The Morgan fingerprint density at radius 3 is 2.93 bits per heavy atom. The lowest BCUT2D eigenvalue weighted by Crippen LogP contribution is -2.29. The van der Waals surface area contributed by atoms with Crippen LogP contribution in [0, 0.1) is 0 Å². The molecule has 1 amide bonds. The van der Waals surface area contributed by atoms with E-state index in [0.717, 1.165) is 42.2 Å². The van der Waals surface area contributed by atoms with E-state index < -0.39 is 0 Å². The van der Waals surface area contributed by atoms with Crippen molar-refractivity contribution in [2.24, 2.45) is 0 Å². The number of carbonyl (C=O) groups excluding carboxylic acids is 1. The summed E-state index contributed by atoms with van der Waals surface area (Å²) in [5.41, 5.74) is 4.07. The molecule has 5 rings (SSSR count). The zero-order valence-corrected chi connectivity index (χ0v) is 16.2. The molecule has 0 aliphatic carbocycles. The Balaban J connectivity index is 1.39. The number of thiophene rings is 1. The number of benzene rings is 1. The minimum atomic E-state index is 0.160. The van der Waals surface area contributed by atoms with Crippen LogP contribution < -0.4 is 4.90 Å². The molecular weight excluding hydrogens is 368 g/mol. The van der Waals surface area contributed by atoms with Crippen molar-refractivity contribution in [3.8, 4) is 0 Å². The van der Waals surface area contributed by atoms with Gasteiger partial charge in [-0.1, -0.05) is 24.3 Å². The maximum absolute atomic E-state index is 12.9. The molecular formula is C22H20N4OS. The van der Waals surface area contributed by atoms with E-state index >= 15 is 0 Å². The Kier molecular flexibility index (Phi) is 4.41. The van der Waals surface area contributed by atoms with E-state index in [1.165, 1.54) is 10.4 Å². The number of anilines is 1. The Bertz CT molecular complexity index is 1130. The molecule has 140 valence electrons. The van der Waals surface area contributed by atoms with Crippen LogP contribution in [0.3, 0.4) is 0 Å². The van der Waals surface area contributed by atoms with Crippen molar-refractivity contribution >= 4 is 34.1 Å². The first-order chi connectivity index (χ1) is 13.8. The summed E-state index contributed by atoms with van der Waals surface area (Å²) in [4.78, 5) is 25.4. The van der Waals surface area contributed by atoms with Crippen LogP contribution >= 0.6 is 11.3 Å². The maximum atomic E-state index is 12.9. The highest BCUT2D eigenvalue weighted by molar-refractivity contribution is 7.09. The number of para-hydroxylation sites is 1. The van der Waals surface area contributed by atoms with E-state index in [0.29, 0.717) is 12.8 Å². The van der Waals surface area contributed by atoms with Gasteiger partial charge >= 0.3 is 0 Å². The van der Waals surface area contributed by atoms with Crippen LogP contribution in [0.2, 0.25) is 0 Å². The first-order valence-corrected chi connectivity index (χ1v) is 10.4. The fraction of sp³-hybridized carbons (Fsp3) is 0.227. The molecule has 0 N–H and O–H groups in total. The van der Waals surface area contributed by atoms with Gasteiger partial charge in [0.2, 0.25) is 5.91 Å². The second kappa shape index (κ2) is 7.20. The summed E-state index contributed by atoms with van der Waals surface area (Å²) in [7, 11) is 0. The van der Waals surface area contributed by atoms with Gasteiger partial charge in [-0.15, -0.1) is 11.3 Å². The van der Waals surface area contributed by atoms with Crippen LogP contribution in [0.4, 0.5) is 5.69 Å². The van der Waals surface area contributed by atoms with Gasteiger partial charge in [0.25, 0.3) is 0 Å². The normalized spacial score (nSPS) is 13.2. The van der Waals surface area contributed by atoms with Crippen molar-refractivity contribution in [2.75, 3.05) is 11.4 Å². The highest BCUT2D eigenvalue weighted by atomic mass is 32.1. The number of imidazole rings is 1. The van der Waals surface area contributed by atoms with Gasteiger partial charge in [0.05, 0.1) is 6.54 Å². The van der Waals surface area contributed by atoms with Crippen LogP contribution in [0.1, 0.15) is 22.7 Å². The highest BCUT2D eigenvalue weighted by Gasteiger charge is 2.24. The molecule has 0 spiro atoms. The Hall–Kier alpha value is -2.99. The number of hydrogen-bond acceptors (Lipinski definition) is 4. The first kappa shape index (κ1) is 17.1. The average Bonchev–Trinajstić information content (AvgIpc) is 3.46. The number of pyridine rings is 1. The van der Waals surface area contributed by atoms with Crippen molar-refractivity contribution in [2.45, 2.75) is 25.8 Å². The molecule has 0 saturated carbocycles. The van der Waals surface area contributed by atoms with Crippen LogP contribution in [0.25, 0.3) is 11.2 Å². The largest absolute Gasteiger partial charge is 0.312 e. The van der Waals surface area contributed by atoms with Crippen LogP contribution in [-0.4, -0.2) is 27.0 Å². The van der Waals surface area contributed by atoms with E-state index in [1.807, 2.05) is 35.2 Å². The number of aryl methyl sites for hydroxylation is 1. The summed E-state index contributed by atoms with van der Waals surface area (Å²) >= 11 is 1.72. The molecule has 4 heterocycles. The molecule has 0 atom stereocenters. The summed E-state index contributed by atoms with van der Waals surface area (Å²) in [6, 6.07) is 16.2. The number of carbonyl (C=O) groups is 1. The number of amides is 1. The minimum Gasteiger partial charge on any atom is -0.312 e. The first-order valence-electron chi connectivity index (χ1n) is 9.50. The number of fused-ring (bicyclic) bond motifs is 2. The predicted molar refractivity (Wildman–Crippen MR) is 112 cm³/mol. The topological polar surface area (TPSA) is 51.0 Å². The number of aromatic nitrogens is 3. The van der Waals surface area contributed by atoms with Gasteiger partial charge in [-0.3, -0.25) is 4.79 Å². The SMILES string of the molecule is O=C(CCc1nc2cccnc2n1Cc1cccs1)N1CCc2ccccc21. The summed E-state index contributed by atoms with van der Waals surface area (Å²) in [5, 5.41) is 2.08. The summed E-state index contributed by atoms with van der Waals surface area (Å²) < 4.78 is 2.15. The van der Waals surface area contributed by atoms with E-state index in [1.54, 1.807) is 17.5 Å². The molecule has 5 nitrogen and oxygen atoms in total. The monoisotopic (exact) mass is 388 g/mol. The van der Waals surface area contributed by atoms with Crippen molar-refractivity contribution < 1.29 is 4.79 Å². The van der Waals surface area contributed by atoms with Gasteiger partial charge in [0.1, 0.15) is 11.3 Å². The van der Waals surface area contributed by atoms with Crippen molar-refractivity contribution in [3.63, 3.8) is 0 Å². The molecule has 0 saturated heterocycles. The minimum absolute atomic E-state index is 0.160. The smallest absolute Gasteiger partial charge is 0.227 e. The van der Waals surface area contributed by atoms with Gasteiger partial charge in [-0.05, 0) is 41.6 Å². The van der Waals surface area contributed by atoms with Gasteiger partial charge in [0.15, 0.2) is 5.65 Å². The van der Waals surface area contributed by atoms with E-state index in [-0.39, 0.29) is 5.91 Å². The standard InChI is InChI=1S/C22H20N4OS/c27-21(25-13-11-16-5-1-2-8-19(16)25)10-9-20-24-18-7-3-12-23-22(18)26(20)15-17-6-4-14-28-17/h1-8,12,14H,9-11,13,15H2. The van der Waals surface area contributed by atoms with Gasteiger partial charge in [-0.25, -0.2) is 9.97 Å². The van der Waals surface area contributed by atoms with Crippen LogP contribution in [-0.2, 0) is 24.2 Å². The molecule has 0 radical (unpaired) electrons. The Labute approximate surface area is 167 Å². The molecule has 28 heavy (non-hydrogen) atoms. The number of rotatable bonds is 5. The third-order valence-corrected chi connectivity index (χ3v) is 6.09. The van der Waals surface area contributed by atoms with Gasteiger partial charge in [0, 0.05) is 36.1 Å². The summed E-state index contributed by atoms with van der Waals surface area (Å²) in [6.45, 7) is 1.51. The fourth-order valence-electron chi connectivity index (χ4n) is 3.87. The average molecular weight is 388 g/mol. The van der Waals surface area contributed by atoms with E-state index in [9.17, 15) is 4.79 Å². The van der Waals surface area contributed by atoms with E-state index in [4.69, 9.17) is 4.98 Å². The molecule has 3 aromatic heterocycles. The van der Waals surface area contributed by atoms with Crippen LogP contribution in [0.5, 0.6) is 0 Å². The van der Waals surface area contributed by atoms with E-state index in [2.05, 4.69) is 33.1 Å². The molecule has 1 aliphatic rings. The lowest BCUT2D eigenvalue weighted by molar-refractivity contribution is -0.118. The quantitative estimate of drug-likeness (QED) is 0.518. The number of hydrogen-bond donors (Lipinski definition) is 0. The van der Waals surface area contributed by atoms with Crippen molar-refractivity contribution in [1.29, 1.82) is 0 Å². The van der Waals surface area contributed by atoms with Crippen LogP contribution in [0.15, 0.2) is 60.1 Å². The molecule has 1 aromatic carbocycles. The third-order valence-electron chi connectivity index (χ3n) is 5.23. The Morgan fingerprint density at radius 2 is 2.04 bits per heavy atom. The fourth-order valence-corrected chi connectivity index (χ4v) is 4.56. The number of nitrogens with zero attached hydrogens (tertiary/aromatic N) is 4. The summed E-state index contributed by atoms with van der Waals surface area (Å²) in [5.74, 6) is 1.08. The summed E-state index contributed by atoms with van der Waals surface area (Å²) in [6.07, 6.45) is 3.79. The lowest BCUT2D eigenvalue weighted by Gasteiger charge is -2.17. The maximum Gasteiger partial charge on any atom is 0.227 e. The molecule has 1 aliphatic heterocycles. The molecule has 6 heteroatoms. The zero-order valence-electron chi connectivity index (χ0n) is 15.4. The molecule has 4 aromatic rings. The lowest BCUT2D eigenvalue weighted by atomic mass is 10.2. The molecule has 0 unspecified atom stereocenters.